The van der Waals surface area contributed by atoms with Gasteiger partial charge < -0.3 is 14.8 Å². The molecular formula is C21H23N3O6. The summed E-state index contributed by atoms with van der Waals surface area (Å²) in [5.74, 6) is -0.325. The number of nitro benzene ring substituents is 1. The number of amides is 2. The lowest BCUT2D eigenvalue weighted by molar-refractivity contribution is -0.384. The largest absolute Gasteiger partial charge is 0.495 e. The van der Waals surface area contributed by atoms with Gasteiger partial charge in [0.15, 0.2) is 11.9 Å². The average Bonchev–Trinajstić information content (AvgIpc) is 2.72. The second-order valence-electron chi connectivity index (χ2n) is 7.27. The fourth-order valence-corrected chi connectivity index (χ4v) is 3.28. The number of hydrogen-bond donors (Lipinski definition) is 1. The molecule has 0 aromatic heterocycles. The lowest BCUT2D eigenvalue weighted by atomic mass is 10.0. The van der Waals surface area contributed by atoms with E-state index < -0.39 is 23.0 Å². The highest BCUT2D eigenvalue weighted by Crippen LogP contribution is 2.39. The molecule has 1 aliphatic heterocycles. The van der Waals surface area contributed by atoms with Crippen molar-refractivity contribution in [2.24, 2.45) is 5.92 Å². The predicted octanol–water partition coefficient (Wildman–Crippen LogP) is 3.38. The second-order valence-corrected chi connectivity index (χ2v) is 7.27. The van der Waals surface area contributed by atoms with Crippen molar-refractivity contribution in [1.29, 1.82) is 0 Å². The molecule has 158 valence electrons. The Morgan fingerprint density at radius 3 is 2.57 bits per heavy atom. The average molecular weight is 413 g/mol. The van der Waals surface area contributed by atoms with Crippen molar-refractivity contribution >= 4 is 28.9 Å². The van der Waals surface area contributed by atoms with E-state index in [4.69, 9.17) is 9.47 Å². The summed E-state index contributed by atoms with van der Waals surface area (Å²) in [5.41, 5.74) is 0.628. The molecule has 0 bridgehead atoms. The third kappa shape index (κ3) is 3.91. The Labute approximate surface area is 173 Å². The predicted molar refractivity (Wildman–Crippen MR) is 111 cm³/mol. The summed E-state index contributed by atoms with van der Waals surface area (Å²) >= 11 is 0. The number of carbonyl (C=O) groups excluding carboxylic acids is 2. The van der Waals surface area contributed by atoms with Crippen molar-refractivity contribution < 1.29 is 24.0 Å². The SMILES string of the molecule is COc1ccccc1NC(=O)C(C)N1C(=O)C(C(C)C)Oc2cc([N+](=O)[O-])ccc21. The zero-order valence-corrected chi connectivity index (χ0v) is 17.1. The van der Waals surface area contributed by atoms with Crippen LogP contribution in [0.5, 0.6) is 11.5 Å². The van der Waals surface area contributed by atoms with E-state index >= 15 is 0 Å². The summed E-state index contributed by atoms with van der Waals surface area (Å²) in [6.07, 6.45) is -0.860. The summed E-state index contributed by atoms with van der Waals surface area (Å²) in [4.78, 5) is 38.1. The van der Waals surface area contributed by atoms with E-state index in [0.29, 0.717) is 17.1 Å². The summed E-state index contributed by atoms with van der Waals surface area (Å²) < 4.78 is 11.0. The molecule has 9 nitrogen and oxygen atoms in total. The normalized spacial score (nSPS) is 16.5. The first-order valence-corrected chi connectivity index (χ1v) is 9.46. The molecular weight excluding hydrogens is 390 g/mol. The maximum Gasteiger partial charge on any atom is 0.273 e. The Morgan fingerprint density at radius 1 is 1.23 bits per heavy atom. The number of anilines is 2. The quantitative estimate of drug-likeness (QED) is 0.574. The van der Waals surface area contributed by atoms with Gasteiger partial charge in [-0.25, -0.2) is 0 Å². The first-order chi connectivity index (χ1) is 14.2. The zero-order chi connectivity index (χ0) is 22.0. The van der Waals surface area contributed by atoms with Crippen LogP contribution in [0.3, 0.4) is 0 Å². The fourth-order valence-electron chi connectivity index (χ4n) is 3.28. The van der Waals surface area contributed by atoms with Gasteiger partial charge in [-0.1, -0.05) is 26.0 Å². The number of carbonyl (C=O) groups is 2. The number of nitro groups is 1. The van der Waals surface area contributed by atoms with Crippen LogP contribution in [0.25, 0.3) is 0 Å². The lowest BCUT2D eigenvalue weighted by Crippen LogP contribution is -2.55. The zero-order valence-electron chi connectivity index (χ0n) is 17.1. The number of benzene rings is 2. The maximum atomic E-state index is 13.1. The third-order valence-electron chi connectivity index (χ3n) is 4.89. The van der Waals surface area contributed by atoms with Crippen LogP contribution in [0.1, 0.15) is 20.8 Å². The molecule has 0 aliphatic carbocycles. The van der Waals surface area contributed by atoms with Gasteiger partial charge in [-0.3, -0.25) is 24.6 Å². The van der Waals surface area contributed by atoms with E-state index in [-0.39, 0.29) is 23.3 Å². The Balaban J connectivity index is 1.97. The first kappa shape index (κ1) is 21.1. The van der Waals surface area contributed by atoms with Crippen LogP contribution in [0, 0.1) is 16.0 Å². The van der Waals surface area contributed by atoms with Crippen LogP contribution in [0.2, 0.25) is 0 Å². The number of rotatable bonds is 6. The Hall–Kier alpha value is -3.62. The van der Waals surface area contributed by atoms with Gasteiger partial charge in [-0.2, -0.15) is 0 Å². The van der Waals surface area contributed by atoms with E-state index in [2.05, 4.69) is 5.32 Å². The number of nitrogens with zero attached hydrogens (tertiary/aromatic N) is 2. The number of non-ortho nitro benzene ring substituents is 1. The van der Waals surface area contributed by atoms with Crippen molar-refractivity contribution in [3.63, 3.8) is 0 Å². The number of ether oxygens (including phenoxy) is 2. The van der Waals surface area contributed by atoms with E-state index in [1.165, 1.54) is 30.2 Å². The Kier molecular flexibility index (Phi) is 5.91. The van der Waals surface area contributed by atoms with Crippen LogP contribution in [-0.2, 0) is 9.59 Å². The van der Waals surface area contributed by atoms with Crippen LogP contribution in [-0.4, -0.2) is 36.0 Å². The number of para-hydroxylation sites is 2. The number of nitrogens with one attached hydrogen (secondary N) is 1. The van der Waals surface area contributed by atoms with Gasteiger partial charge in [0.1, 0.15) is 11.8 Å². The molecule has 1 heterocycles. The summed E-state index contributed by atoms with van der Waals surface area (Å²) in [6, 6.07) is 10.0. The van der Waals surface area contributed by atoms with Crippen molar-refractivity contribution in [3.8, 4) is 11.5 Å². The highest BCUT2D eigenvalue weighted by atomic mass is 16.6. The van der Waals surface area contributed by atoms with Crippen molar-refractivity contribution in [2.45, 2.75) is 32.9 Å². The minimum Gasteiger partial charge on any atom is -0.495 e. The van der Waals surface area contributed by atoms with Crippen LogP contribution >= 0.6 is 0 Å². The Morgan fingerprint density at radius 2 is 1.93 bits per heavy atom. The smallest absolute Gasteiger partial charge is 0.273 e. The molecule has 1 aliphatic rings. The molecule has 2 aromatic rings. The molecule has 0 saturated heterocycles. The molecule has 2 aromatic carbocycles. The molecule has 0 fully saturated rings. The van der Waals surface area contributed by atoms with Crippen molar-refractivity contribution in [1.82, 2.24) is 0 Å². The van der Waals surface area contributed by atoms with E-state index in [1.54, 1.807) is 31.2 Å². The highest BCUT2D eigenvalue weighted by Gasteiger charge is 2.41. The monoisotopic (exact) mass is 413 g/mol. The van der Waals surface area contributed by atoms with Gasteiger partial charge >= 0.3 is 0 Å². The molecule has 2 unspecified atom stereocenters. The van der Waals surface area contributed by atoms with Crippen molar-refractivity contribution in [2.75, 3.05) is 17.3 Å². The number of fused-ring (bicyclic) bond motifs is 1. The van der Waals surface area contributed by atoms with E-state index in [9.17, 15) is 19.7 Å². The minimum absolute atomic E-state index is 0.156. The molecule has 3 rings (SSSR count). The topological polar surface area (TPSA) is 111 Å². The van der Waals surface area contributed by atoms with Gasteiger partial charge in [-0.05, 0) is 31.0 Å². The Bertz CT molecular complexity index is 990. The van der Waals surface area contributed by atoms with Gasteiger partial charge in [0.25, 0.3) is 11.6 Å². The molecule has 2 atom stereocenters. The molecule has 2 amide bonds. The summed E-state index contributed by atoms with van der Waals surface area (Å²) in [7, 11) is 1.50. The van der Waals surface area contributed by atoms with E-state index in [1.807, 2.05) is 13.8 Å². The first-order valence-electron chi connectivity index (χ1n) is 9.46. The number of hydrogen-bond acceptors (Lipinski definition) is 6. The lowest BCUT2D eigenvalue weighted by Gasteiger charge is -2.38. The van der Waals surface area contributed by atoms with Gasteiger partial charge in [-0.15, -0.1) is 0 Å². The van der Waals surface area contributed by atoms with Crippen LogP contribution < -0.4 is 19.7 Å². The molecule has 9 heteroatoms. The van der Waals surface area contributed by atoms with Gasteiger partial charge in [0.2, 0.25) is 5.91 Å². The van der Waals surface area contributed by atoms with E-state index in [0.717, 1.165) is 0 Å². The van der Waals surface area contributed by atoms with Crippen LogP contribution in [0.15, 0.2) is 42.5 Å². The molecule has 30 heavy (non-hydrogen) atoms. The summed E-state index contributed by atoms with van der Waals surface area (Å²) in [6.45, 7) is 5.21. The van der Waals surface area contributed by atoms with Gasteiger partial charge in [0, 0.05) is 6.07 Å². The van der Waals surface area contributed by atoms with Crippen LogP contribution in [0.4, 0.5) is 17.1 Å². The van der Waals surface area contributed by atoms with Crippen molar-refractivity contribution in [3.05, 3.63) is 52.6 Å². The second kappa shape index (κ2) is 8.40. The molecule has 1 N–H and O–H groups in total. The molecule has 0 spiro atoms. The maximum absolute atomic E-state index is 13.1. The molecule has 0 saturated carbocycles. The molecule has 0 radical (unpaired) electrons. The fraction of sp³-hybridized carbons (Fsp3) is 0.333. The summed E-state index contributed by atoms with van der Waals surface area (Å²) in [5, 5.41) is 13.9. The van der Waals surface area contributed by atoms with Gasteiger partial charge in [0.05, 0.1) is 29.5 Å². The highest BCUT2D eigenvalue weighted by molar-refractivity contribution is 6.08. The third-order valence-corrected chi connectivity index (χ3v) is 4.89. The standard InChI is InChI=1S/C21H23N3O6/c1-12(2)19-21(26)23(16-10-9-14(24(27)28)11-18(16)30-19)13(3)20(25)22-15-7-5-6-8-17(15)29-4/h5-13,19H,1-4H3,(H,22,25). The number of methoxy groups -OCH3 is 1. The minimum atomic E-state index is -0.896.